The summed E-state index contributed by atoms with van der Waals surface area (Å²) in [6, 6.07) is 7.79. The van der Waals surface area contributed by atoms with Gasteiger partial charge in [0.25, 0.3) is 0 Å². The monoisotopic (exact) mass is 572 g/mol. The Labute approximate surface area is 235 Å². The van der Waals surface area contributed by atoms with E-state index in [2.05, 4.69) is 15.5 Å². The van der Waals surface area contributed by atoms with Gasteiger partial charge in [-0.2, -0.15) is 0 Å². The summed E-state index contributed by atoms with van der Waals surface area (Å²) >= 11 is 2.21. The highest BCUT2D eigenvalue weighted by molar-refractivity contribution is 7.99. The highest BCUT2D eigenvalue weighted by atomic mass is 32.2. The van der Waals surface area contributed by atoms with Crippen LogP contribution in [-0.2, 0) is 21.3 Å². The zero-order valence-corrected chi connectivity index (χ0v) is 24.1. The molecule has 12 heteroatoms. The number of aromatic nitrogens is 3. The Morgan fingerprint density at radius 3 is 2.38 bits per heavy atom. The lowest BCUT2D eigenvalue weighted by atomic mass is 10.1. The molecule has 1 aliphatic rings. The number of amides is 1. The molecule has 2 aromatic heterocycles. The average Bonchev–Trinajstić information content (AvgIpc) is 3.63. The fraction of sp³-hybridized carbons (Fsp3) is 0.444. The second kappa shape index (κ2) is 13.1. The Bertz CT molecular complexity index is 1330. The zero-order chi connectivity index (χ0) is 27.9. The molecule has 3 aromatic rings. The molecule has 1 amide bonds. The number of carbonyl (C=O) groups is 3. The minimum atomic E-state index is -0.609. The van der Waals surface area contributed by atoms with Gasteiger partial charge < -0.3 is 24.1 Å². The molecule has 0 radical (unpaired) electrons. The van der Waals surface area contributed by atoms with Crippen LogP contribution in [0.5, 0.6) is 5.75 Å². The number of nitrogens with zero attached hydrogens (tertiary/aromatic N) is 3. The van der Waals surface area contributed by atoms with Gasteiger partial charge in [-0.25, -0.2) is 9.59 Å². The van der Waals surface area contributed by atoms with Crippen molar-refractivity contribution in [2.45, 2.75) is 57.7 Å². The van der Waals surface area contributed by atoms with E-state index in [4.69, 9.17) is 14.2 Å². The molecular weight excluding hydrogens is 540 g/mol. The lowest BCUT2D eigenvalue weighted by Gasteiger charge is -2.13. The molecule has 1 fully saturated rings. The third-order valence-corrected chi connectivity index (χ3v) is 8.43. The number of thiophene rings is 1. The fourth-order valence-corrected chi connectivity index (χ4v) is 6.12. The first-order chi connectivity index (χ1) is 18.8. The maximum atomic E-state index is 12.8. The van der Waals surface area contributed by atoms with Crippen LogP contribution in [0.3, 0.4) is 0 Å². The molecule has 0 atom stereocenters. The number of nitrogens with one attached hydrogen (secondary N) is 1. The van der Waals surface area contributed by atoms with Crippen molar-refractivity contribution in [1.82, 2.24) is 14.8 Å². The molecule has 10 nitrogen and oxygen atoms in total. The van der Waals surface area contributed by atoms with Gasteiger partial charge in [-0.1, -0.05) is 11.8 Å². The lowest BCUT2D eigenvalue weighted by molar-refractivity contribution is -0.113. The Balaban J connectivity index is 1.41. The summed E-state index contributed by atoms with van der Waals surface area (Å²) in [5, 5.41) is 12.1. The number of rotatable bonds is 11. The predicted molar refractivity (Wildman–Crippen MR) is 150 cm³/mol. The van der Waals surface area contributed by atoms with Gasteiger partial charge >= 0.3 is 11.9 Å². The van der Waals surface area contributed by atoms with E-state index < -0.39 is 11.9 Å². The molecule has 0 aliphatic heterocycles. The van der Waals surface area contributed by atoms with E-state index in [1.165, 1.54) is 24.6 Å². The van der Waals surface area contributed by atoms with Gasteiger partial charge in [0, 0.05) is 12.6 Å². The van der Waals surface area contributed by atoms with Gasteiger partial charge in [0.1, 0.15) is 15.6 Å². The fourth-order valence-electron chi connectivity index (χ4n) is 4.31. The summed E-state index contributed by atoms with van der Waals surface area (Å²) in [7, 11) is 1.84. The SMILES string of the molecule is CCOC(=O)c1sc(NC(=O)CSc2nnc(-c3ccc(OC4CCCC4)cc3)n2C)c(C(=O)OCC)c1C. The van der Waals surface area contributed by atoms with Gasteiger partial charge in [0.2, 0.25) is 5.91 Å². The van der Waals surface area contributed by atoms with Crippen molar-refractivity contribution in [3.05, 3.63) is 40.3 Å². The average molecular weight is 573 g/mol. The molecule has 0 bridgehead atoms. The molecular formula is C27H32N4O6S2. The van der Waals surface area contributed by atoms with Gasteiger partial charge in [-0.3, -0.25) is 4.79 Å². The van der Waals surface area contributed by atoms with Gasteiger partial charge in [-0.15, -0.1) is 21.5 Å². The number of esters is 2. The highest BCUT2D eigenvalue weighted by Crippen LogP contribution is 2.35. The van der Waals surface area contributed by atoms with Crippen LogP contribution < -0.4 is 10.1 Å². The van der Waals surface area contributed by atoms with Crippen LogP contribution in [0.2, 0.25) is 0 Å². The Morgan fingerprint density at radius 1 is 1.05 bits per heavy atom. The first kappa shape index (κ1) is 28.6. The van der Waals surface area contributed by atoms with Crippen molar-refractivity contribution in [2.75, 3.05) is 24.3 Å². The largest absolute Gasteiger partial charge is 0.490 e. The quantitative estimate of drug-likeness (QED) is 0.242. The highest BCUT2D eigenvalue weighted by Gasteiger charge is 2.27. The van der Waals surface area contributed by atoms with E-state index in [1.54, 1.807) is 20.8 Å². The normalized spacial score (nSPS) is 13.3. The first-order valence-corrected chi connectivity index (χ1v) is 14.7. The summed E-state index contributed by atoms with van der Waals surface area (Å²) in [5.74, 6) is 0.0143. The molecule has 1 aromatic carbocycles. The molecule has 1 N–H and O–H groups in total. The van der Waals surface area contributed by atoms with E-state index in [0.717, 1.165) is 35.5 Å². The topological polar surface area (TPSA) is 122 Å². The second-order valence-electron chi connectivity index (χ2n) is 8.95. The molecule has 1 saturated carbocycles. The van der Waals surface area contributed by atoms with Gasteiger partial charge in [0.15, 0.2) is 11.0 Å². The number of ether oxygens (including phenoxy) is 3. The number of benzene rings is 1. The summed E-state index contributed by atoms with van der Waals surface area (Å²) in [6.45, 7) is 5.38. The van der Waals surface area contributed by atoms with Crippen LogP contribution in [0.1, 0.15) is 65.1 Å². The number of anilines is 1. The molecule has 0 saturated heterocycles. The van der Waals surface area contributed by atoms with E-state index in [0.29, 0.717) is 22.6 Å². The predicted octanol–water partition coefficient (Wildman–Crippen LogP) is 5.26. The van der Waals surface area contributed by atoms with E-state index in [-0.39, 0.29) is 40.3 Å². The number of thioether (sulfide) groups is 1. The van der Waals surface area contributed by atoms with Crippen molar-refractivity contribution in [3.63, 3.8) is 0 Å². The van der Waals surface area contributed by atoms with Crippen molar-refractivity contribution in [1.29, 1.82) is 0 Å². The minimum Gasteiger partial charge on any atom is -0.490 e. The van der Waals surface area contributed by atoms with Gasteiger partial charge in [0.05, 0.1) is 30.6 Å². The molecule has 0 spiro atoms. The zero-order valence-electron chi connectivity index (χ0n) is 22.4. The van der Waals surface area contributed by atoms with E-state index >= 15 is 0 Å². The maximum absolute atomic E-state index is 12.8. The third kappa shape index (κ3) is 6.80. The van der Waals surface area contributed by atoms with Crippen molar-refractivity contribution < 1.29 is 28.6 Å². The van der Waals surface area contributed by atoms with E-state index in [9.17, 15) is 14.4 Å². The third-order valence-electron chi connectivity index (χ3n) is 6.22. The molecule has 1 aliphatic carbocycles. The first-order valence-electron chi connectivity index (χ1n) is 12.9. The second-order valence-corrected chi connectivity index (χ2v) is 10.9. The molecule has 0 unspecified atom stereocenters. The Morgan fingerprint density at radius 2 is 1.72 bits per heavy atom. The molecule has 2 heterocycles. The van der Waals surface area contributed by atoms with Crippen LogP contribution in [-0.4, -0.2) is 57.7 Å². The summed E-state index contributed by atoms with van der Waals surface area (Å²) in [4.78, 5) is 38.0. The standard InChI is InChI=1S/C27H32N4O6S2/c1-5-35-25(33)21-16(3)22(26(34)36-6-2)39-24(21)28-20(32)15-38-27-30-29-23(31(27)4)17-11-13-19(14-12-17)37-18-9-7-8-10-18/h11-14,18H,5-10,15H2,1-4H3,(H,28,32). The maximum Gasteiger partial charge on any atom is 0.348 e. The summed E-state index contributed by atoms with van der Waals surface area (Å²) in [6.07, 6.45) is 4.93. The Kier molecular flexibility index (Phi) is 9.63. The molecule has 4 rings (SSSR count). The molecule has 39 heavy (non-hydrogen) atoms. The van der Waals surface area contributed by atoms with Crippen LogP contribution in [0.15, 0.2) is 29.4 Å². The van der Waals surface area contributed by atoms with Crippen molar-refractivity contribution in [2.24, 2.45) is 7.05 Å². The smallest absolute Gasteiger partial charge is 0.348 e. The van der Waals surface area contributed by atoms with Crippen LogP contribution >= 0.6 is 23.1 Å². The molecule has 208 valence electrons. The number of hydrogen-bond donors (Lipinski definition) is 1. The number of hydrogen-bond acceptors (Lipinski definition) is 10. The lowest BCUT2D eigenvalue weighted by Crippen LogP contribution is -2.16. The van der Waals surface area contributed by atoms with Crippen LogP contribution in [0, 0.1) is 6.92 Å². The minimum absolute atomic E-state index is 0.0219. The van der Waals surface area contributed by atoms with Crippen molar-refractivity contribution in [3.8, 4) is 17.1 Å². The van der Waals surface area contributed by atoms with E-state index in [1.807, 2.05) is 35.9 Å². The van der Waals surface area contributed by atoms with Gasteiger partial charge in [-0.05, 0) is 76.3 Å². The Hall–Kier alpha value is -3.38. The number of carbonyl (C=O) groups excluding carboxylic acids is 3. The van der Waals surface area contributed by atoms with Crippen molar-refractivity contribution >= 4 is 45.9 Å². The van der Waals surface area contributed by atoms with Crippen LogP contribution in [0.4, 0.5) is 5.00 Å². The summed E-state index contributed by atoms with van der Waals surface area (Å²) in [5.41, 5.74) is 1.46. The summed E-state index contributed by atoms with van der Waals surface area (Å²) < 4.78 is 18.1. The van der Waals surface area contributed by atoms with Crippen LogP contribution in [0.25, 0.3) is 11.4 Å².